The van der Waals surface area contributed by atoms with Gasteiger partial charge in [-0.25, -0.2) is 0 Å². The number of hydrogen-bond donors (Lipinski definition) is 1. The number of rotatable bonds is 21. The van der Waals surface area contributed by atoms with E-state index in [2.05, 4.69) is 20.8 Å². The number of unbranched alkanes of at least 4 members (excludes halogenated alkanes) is 14. The third kappa shape index (κ3) is 17.5. The van der Waals surface area contributed by atoms with E-state index in [0.29, 0.717) is 12.8 Å². The Morgan fingerprint density at radius 1 is 0.630 bits per heavy atom. The van der Waals surface area contributed by atoms with Gasteiger partial charge in [-0.15, -0.1) is 0 Å². The second kappa shape index (κ2) is 20.4. The van der Waals surface area contributed by atoms with E-state index < -0.39 is 6.10 Å². The maximum Gasteiger partial charge on any atom is 0.135 e. The molecule has 0 aromatic heterocycles. The summed E-state index contributed by atoms with van der Waals surface area (Å²) in [6.07, 6.45) is 22.8. The predicted octanol–water partition coefficient (Wildman–Crippen LogP) is 8.00. The van der Waals surface area contributed by atoms with Gasteiger partial charge in [-0.3, -0.25) is 4.79 Å². The second-order valence-corrected chi connectivity index (χ2v) is 8.59. The first-order chi connectivity index (χ1) is 13.2. The summed E-state index contributed by atoms with van der Waals surface area (Å²) >= 11 is 0. The third-order valence-electron chi connectivity index (χ3n) is 6.09. The number of hydrogen-bond acceptors (Lipinski definition) is 2. The van der Waals surface area contributed by atoms with E-state index in [0.717, 1.165) is 19.3 Å². The summed E-state index contributed by atoms with van der Waals surface area (Å²) in [5.74, 6) is 0.541. The lowest BCUT2D eigenvalue weighted by Gasteiger charge is -2.19. The molecule has 0 radical (unpaired) electrons. The minimum atomic E-state index is -0.427. The van der Waals surface area contributed by atoms with Gasteiger partial charge in [0.25, 0.3) is 0 Å². The molecular weight excluding hydrogens is 332 g/mol. The molecule has 0 aliphatic rings. The van der Waals surface area contributed by atoms with Crippen molar-refractivity contribution < 1.29 is 9.90 Å². The Labute approximate surface area is 170 Å². The molecule has 0 saturated heterocycles. The fourth-order valence-corrected chi connectivity index (χ4v) is 4.03. The van der Waals surface area contributed by atoms with Crippen molar-refractivity contribution in [3.8, 4) is 0 Å². The highest BCUT2D eigenvalue weighted by Gasteiger charge is 2.18. The van der Waals surface area contributed by atoms with Crippen molar-refractivity contribution in [1.29, 1.82) is 0 Å². The van der Waals surface area contributed by atoms with Crippen LogP contribution in [0, 0.1) is 5.92 Å². The molecule has 0 spiro atoms. The molecule has 0 heterocycles. The molecule has 0 aliphatic heterocycles. The van der Waals surface area contributed by atoms with Crippen LogP contribution in [0.5, 0.6) is 0 Å². The Balaban J connectivity index is 3.30. The van der Waals surface area contributed by atoms with Gasteiger partial charge in [-0.2, -0.15) is 0 Å². The zero-order chi connectivity index (χ0) is 20.2. The summed E-state index contributed by atoms with van der Waals surface area (Å²) in [6.45, 7) is 6.47. The van der Waals surface area contributed by atoms with Crippen LogP contribution in [-0.4, -0.2) is 17.0 Å². The van der Waals surface area contributed by atoms with Crippen molar-refractivity contribution in [2.24, 2.45) is 5.92 Å². The molecule has 1 atom stereocenters. The zero-order valence-electron chi connectivity index (χ0n) is 18.9. The minimum Gasteiger partial charge on any atom is -0.392 e. The smallest absolute Gasteiger partial charge is 0.135 e. The highest BCUT2D eigenvalue weighted by molar-refractivity contribution is 5.78. The lowest BCUT2D eigenvalue weighted by molar-refractivity contribution is -0.121. The van der Waals surface area contributed by atoms with Crippen molar-refractivity contribution in [2.45, 2.75) is 149 Å². The number of aliphatic hydroxyl groups excluding tert-OH is 1. The van der Waals surface area contributed by atoms with Crippen LogP contribution in [0.4, 0.5) is 0 Å². The van der Waals surface area contributed by atoms with E-state index in [-0.39, 0.29) is 11.7 Å². The molecule has 1 N–H and O–H groups in total. The van der Waals surface area contributed by atoms with Gasteiger partial charge in [-0.05, 0) is 12.3 Å². The molecule has 27 heavy (non-hydrogen) atoms. The Bertz CT molecular complexity index is 309. The standard InChI is InChI=1S/C25H50O2/c1-4-7-8-9-10-11-12-13-14-15-16-17-18-19-20-21-24(26)22-25(27)23(5-2)6-3/h23,25,27H,4-22H2,1-3H3. The number of aliphatic hydroxyl groups is 1. The number of carbonyl (C=O) groups is 1. The molecule has 0 bridgehead atoms. The Morgan fingerprint density at radius 2 is 1.00 bits per heavy atom. The highest BCUT2D eigenvalue weighted by Crippen LogP contribution is 2.18. The van der Waals surface area contributed by atoms with Crippen molar-refractivity contribution in [3.63, 3.8) is 0 Å². The summed E-state index contributed by atoms with van der Waals surface area (Å²) in [6, 6.07) is 0. The van der Waals surface area contributed by atoms with E-state index >= 15 is 0 Å². The van der Waals surface area contributed by atoms with Crippen LogP contribution in [0.1, 0.15) is 143 Å². The first-order valence-electron chi connectivity index (χ1n) is 12.3. The van der Waals surface area contributed by atoms with Crippen molar-refractivity contribution in [1.82, 2.24) is 0 Å². The van der Waals surface area contributed by atoms with E-state index in [9.17, 15) is 9.90 Å². The van der Waals surface area contributed by atoms with Gasteiger partial charge in [0, 0.05) is 12.8 Å². The normalized spacial score (nSPS) is 12.6. The van der Waals surface area contributed by atoms with Crippen molar-refractivity contribution >= 4 is 5.78 Å². The third-order valence-corrected chi connectivity index (χ3v) is 6.09. The fourth-order valence-electron chi connectivity index (χ4n) is 4.03. The molecule has 0 saturated carbocycles. The largest absolute Gasteiger partial charge is 0.392 e. The molecule has 2 nitrogen and oxygen atoms in total. The lowest BCUT2D eigenvalue weighted by atomic mass is 9.92. The molecule has 0 aromatic rings. The van der Waals surface area contributed by atoms with Gasteiger partial charge in [0.2, 0.25) is 0 Å². The molecule has 1 unspecified atom stereocenters. The summed E-state index contributed by atoms with van der Waals surface area (Å²) < 4.78 is 0. The van der Waals surface area contributed by atoms with Gasteiger partial charge >= 0.3 is 0 Å². The first kappa shape index (κ1) is 26.6. The van der Waals surface area contributed by atoms with Crippen LogP contribution in [0.2, 0.25) is 0 Å². The Kier molecular flexibility index (Phi) is 20.1. The average Bonchev–Trinajstić information content (AvgIpc) is 2.65. The number of ketones is 1. The van der Waals surface area contributed by atoms with E-state index in [1.54, 1.807) is 0 Å². The molecule has 0 rings (SSSR count). The lowest BCUT2D eigenvalue weighted by Crippen LogP contribution is -2.22. The van der Waals surface area contributed by atoms with Crippen molar-refractivity contribution in [2.75, 3.05) is 0 Å². The summed E-state index contributed by atoms with van der Waals surface area (Å²) in [4.78, 5) is 12.0. The maximum absolute atomic E-state index is 12.0. The van der Waals surface area contributed by atoms with Crippen LogP contribution in [0.25, 0.3) is 0 Å². The van der Waals surface area contributed by atoms with Crippen LogP contribution in [-0.2, 0) is 4.79 Å². The van der Waals surface area contributed by atoms with E-state index in [1.807, 2.05) is 0 Å². The molecule has 0 aromatic carbocycles. The van der Waals surface area contributed by atoms with Gasteiger partial charge in [0.05, 0.1) is 6.10 Å². The SMILES string of the molecule is CCCCCCCCCCCCCCCCCC(=O)CC(O)C(CC)CC. The number of Topliss-reactive ketones (excluding diaryl/α,β-unsaturated/α-hetero) is 1. The van der Waals surface area contributed by atoms with Gasteiger partial charge in [0.1, 0.15) is 5.78 Å². The second-order valence-electron chi connectivity index (χ2n) is 8.59. The Morgan fingerprint density at radius 3 is 1.37 bits per heavy atom. The highest BCUT2D eigenvalue weighted by atomic mass is 16.3. The van der Waals surface area contributed by atoms with Crippen LogP contribution in [0.15, 0.2) is 0 Å². The molecule has 0 aliphatic carbocycles. The molecule has 162 valence electrons. The Hall–Kier alpha value is -0.370. The van der Waals surface area contributed by atoms with E-state index in [4.69, 9.17) is 0 Å². The van der Waals surface area contributed by atoms with Crippen LogP contribution in [0.3, 0.4) is 0 Å². The topological polar surface area (TPSA) is 37.3 Å². The van der Waals surface area contributed by atoms with Crippen LogP contribution < -0.4 is 0 Å². The minimum absolute atomic E-state index is 0.254. The molecular formula is C25H50O2. The maximum atomic E-state index is 12.0. The van der Waals surface area contributed by atoms with Gasteiger partial charge < -0.3 is 5.11 Å². The zero-order valence-corrected chi connectivity index (χ0v) is 18.9. The predicted molar refractivity (Wildman–Crippen MR) is 119 cm³/mol. The number of carbonyl (C=O) groups excluding carboxylic acids is 1. The summed E-state index contributed by atoms with van der Waals surface area (Å²) in [7, 11) is 0. The summed E-state index contributed by atoms with van der Waals surface area (Å²) in [5, 5.41) is 10.1. The molecule has 0 amide bonds. The molecule has 2 heteroatoms. The van der Waals surface area contributed by atoms with Gasteiger partial charge in [-0.1, -0.05) is 124 Å². The summed E-state index contributed by atoms with van der Waals surface area (Å²) in [5.41, 5.74) is 0. The fraction of sp³-hybridized carbons (Fsp3) is 0.960. The van der Waals surface area contributed by atoms with E-state index in [1.165, 1.54) is 89.9 Å². The monoisotopic (exact) mass is 382 g/mol. The first-order valence-corrected chi connectivity index (χ1v) is 12.3. The van der Waals surface area contributed by atoms with Crippen LogP contribution >= 0.6 is 0 Å². The quantitative estimate of drug-likeness (QED) is 0.204. The van der Waals surface area contributed by atoms with Gasteiger partial charge in [0.15, 0.2) is 0 Å². The average molecular weight is 383 g/mol. The molecule has 0 fully saturated rings. The van der Waals surface area contributed by atoms with Crippen molar-refractivity contribution in [3.05, 3.63) is 0 Å².